The Labute approximate surface area is 152 Å². The van der Waals surface area contributed by atoms with Gasteiger partial charge in [0, 0.05) is 12.3 Å². The van der Waals surface area contributed by atoms with Crippen molar-refractivity contribution in [1.82, 2.24) is 0 Å². The van der Waals surface area contributed by atoms with E-state index in [0.29, 0.717) is 19.3 Å². The fourth-order valence-corrected chi connectivity index (χ4v) is 3.71. The molecule has 0 saturated carbocycles. The van der Waals surface area contributed by atoms with Crippen molar-refractivity contribution in [1.29, 1.82) is 0 Å². The molecule has 0 aromatic heterocycles. The van der Waals surface area contributed by atoms with Gasteiger partial charge in [-0.05, 0) is 31.0 Å². The minimum absolute atomic E-state index is 0.0433. The Morgan fingerprint density at radius 1 is 1.20 bits per heavy atom. The Hall–Kier alpha value is -0.473. The molecule has 3 N–H and O–H groups in total. The van der Waals surface area contributed by atoms with E-state index in [1.54, 1.807) is 0 Å². The molecule has 1 aliphatic heterocycles. The predicted octanol–water partition coefficient (Wildman–Crippen LogP) is 2.21. The Morgan fingerprint density at radius 3 is 2.24 bits per heavy atom. The first-order valence-corrected chi connectivity index (χ1v) is 12.1. The first-order chi connectivity index (χ1) is 11.3. The van der Waals surface area contributed by atoms with Crippen molar-refractivity contribution in [3.8, 4) is 0 Å². The largest absolute Gasteiger partial charge is 0.459 e. The van der Waals surface area contributed by atoms with Gasteiger partial charge in [0.05, 0.1) is 31.3 Å². The first kappa shape index (κ1) is 22.6. The Bertz CT molecular complexity index is 434. The minimum atomic E-state index is -1.89. The molecule has 0 aromatic rings. The molecule has 0 aromatic carbocycles. The normalized spacial score (nSPS) is 25.6. The summed E-state index contributed by atoms with van der Waals surface area (Å²) in [5.41, 5.74) is 0. The molecule has 0 spiro atoms. The number of esters is 1. The number of carbonyl (C=O) groups excluding carboxylic acids is 1. The van der Waals surface area contributed by atoms with E-state index in [9.17, 15) is 20.1 Å². The summed E-state index contributed by atoms with van der Waals surface area (Å²) in [7, 11) is -1.89. The zero-order valence-electron chi connectivity index (χ0n) is 16.5. The third kappa shape index (κ3) is 6.98. The molecule has 5 atom stereocenters. The standard InChI is InChI=1S/C18H36O6Si/c1-12-9-16(22)24-17(12)15(21)10-13(19)7-8-14(20)11-23-25(5,6)18(2,3)4/h12-15,17,19-21H,7-11H2,1-6H3/t12-,13-,14+,15-,17-/m0/s1. The number of rotatable bonds is 9. The van der Waals surface area contributed by atoms with E-state index in [4.69, 9.17) is 9.16 Å². The van der Waals surface area contributed by atoms with E-state index in [1.165, 1.54) is 0 Å². The molecule has 0 bridgehead atoms. The lowest BCUT2D eigenvalue weighted by atomic mass is 9.94. The van der Waals surface area contributed by atoms with E-state index < -0.39 is 32.7 Å². The highest BCUT2D eigenvalue weighted by Crippen LogP contribution is 2.36. The molecular formula is C18H36O6Si. The van der Waals surface area contributed by atoms with E-state index in [1.807, 2.05) is 6.92 Å². The van der Waals surface area contributed by atoms with E-state index >= 15 is 0 Å². The second kappa shape index (κ2) is 8.95. The number of ether oxygens (including phenoxy) is 1. The van der Waals surface area contributed by atoms with Gasteiger partial charge in [-0.2, -0.15) is 0 Å². The van der Waals surface area contributed by atoms with Gasteiger partial charge in [0.25, 0.3) is 0 Å². The van der Waals surface area contributed by atoms with Crippen molar-refractivity contribution < 1.29 is 29.3 Å². The highest BCUT2D eigenvalue weighted by atomic mass is 28.4. The third-order valence-corrected chi connectivity index (χ3v) is 9.99. The van der Waals surface area contributed by atoms with Gasteiger partial charge < -0.3 is 24.5 Å². The highest BCUT2D eigenvalue weighted by Gasteiger charge is 2.38. The van der Waals surface area contributed by atoms with Gasteiger partial charge in [0.2, 0.25) is 0 Å². The van der Waals surface area contributed by atoms with E-state index in [2.05, 4.69) is 33.9 Å². The summed E-state index contributed by atoms with van der Waals surface area (Å²) in [6.45, 7) is 12.8. The number of aliphatic hydroxyl groups excluding tert-OH is 3. The molecule has 1 rings (SSSR count). The van der Waals surface area contributed by atoms with E-state index in [-0.39, 0.29) is 30.0 Å². The smallest absolute Gasteiger partial charge is 0.306 e. The van der Waals surface area contributed by atoms with Crippen molar-refractivity contribution in [3.05, 3.63) is 0 Å². The van der Waals surface area contributed by atoms with Gasteiger partial charge in [0.1, 0.15) is 6.10 Å². The van der Waals surface area contributed by atoms with Gasteiger partial charge in [-0.3, -0.25) is 4.79 Å². The fraction of sp³-hybridized carbons (Fsp3) is 0.944. The molecule has 25 heavy (non-hydrogen) atoms. The van der Waals surface area contributed by atoms with Crippen LogP contribution in [-0.4, -0.2) is 60.6 Å². The zero-order valence-corrected chi connectivity index (χ0v) is 17.5. The summed E-state index contributed by atoms with van der Waals surface area (Å²) in [6.07, 6.45) is -1.59. The summed E-state index contributed by atoms with van der Waals surface area (Å²) >= 11 is 0. The lowest BCUT2D eigenvalue weighted by Gasteiger charge is -2.36. The molecule has 1 saturated heterocycles. The van der Waals surface area contributed by atoms with Crippen molar-refractivity contribution in [3.63, 3.8) is 0 Å². The zero-order chi connectivity index (χ0) is 19.4. The fourth-order valence-electron chi connectivity index (χ4n) is 2.67. The third-order valence-electron chi connectivity index (χ3n) is 5.49. The van der Waals surface area contributed by atoms with Crippen LogP contribution in [0.25, 0.3) is 0 Å². The van der Waals surface area contributed by atoms with Crippen LogP contribution in [0.1, 0.15) is 53.4 Å². The van der Waals surface area contributed by atoms with Crippen molar-refractivity contribution in [2.24, 2.45) is 5.92 Å². The quantitative estimate of drug-likeness (QED) is 0.422. The maximum absolute atomic E-state index is 11.3. The van der Waals surface area contributed by atoms with Crippen LogP contribution in [0.2, 0.25) is 18.1 Å². The number of cyclic esters (lactones) is 1. The molecule has 0 unspecified atom stereocenters. The van der Waals surface area contributed by atoms with Crippen LogP contribution in [0.5, 0.6) is 0 Å². The van der Waals surface area contributed by atoms with Gasteiger partial charge in [-0.1, -0.05) is 27.7 Å². The molecule has 1 heterocycles. The van der Waals surface area contributed by atoms with Crippen LogP contribution in [0, 0.1) is 5.92 Å². The molecule has 7 heteroatoms. The summed E-state index contributed by atoms with van der Waals surface area (Å²) in [5, 5.41) is 30.4. The molecule has 1 aliphatic rings. The van der Waals surface area contributed by atoms with Crippen LogP contribution in [0.4, 0.5) is 0 Å². The SMILES string of the molecule is C[C@H]1CC(=O)O[C@@H]1[C@@H](O)C[C@@H](O)CC[C@@H](O)CO[Si](C)(C)C(C)(C)C. The number of carbonyl (C=O) groups is 1. The second-order valence-electron chi connectivity index (χ2n) is 8.90. The van der Waals surface area contributed by atoms with Crippen molar-refractivity contribution >= 4 is 14.3 Å². The summed E-state index contributed by atoms with van der Waals surface area (Å²) < 4.78 is 11.1. The highest BCUT2D eigenvalue weighted by molar-refractivity contribution is 6.74. The monoisotopic (exact) mass is 376 g/mol. The van der Waals surface area contributed by atoms with Crippen molar-refractivity contribution in [2.75, 3.05) is 6.61 Å². The van der Waals surface area contributed by atoms with Gasteiger partial charge in [-0.15, -0.1) is 0 Å². The van der Waals surface area contributed by atoms with Crippen LogP contribution >= 0.6 is 0 Å². The molecule has 0 radical (unpaired) electrons. The molecule has 148 valence electrons. The second-order valence-corrected chi connectivity index (χ2v) is 13.7. The van der Waals surface area contributed by atoms with E-state index in [0.717, 1.165) is 0 Å². The molecule has 0 aliphatic carbocycles. The molecular weight excluding hydrogens is 340 g/mol. The average Bonchev–Trinajstić information content (AvgIpc) is 2.80. The maximum atomic E-state index is 11.3. The van der Waals surface area contributed by atoms with Gasteiger partial charge in [-0.25, -0.2) is 0 Å². The number of hydrogen-bond acceptors (Lipinski definition) is 6. The summed E-state index contributed by atoms with van der Waals surface area (Å²) in [4.78, 5) is 11.3. The molecule has 1 fully saturated rings. The summed E-state index contributed by atoms with van der Waals surface area (Å²) in [5.74, 6) is -0.345. The predicted molar refractivity (Wildman–Crippen MR) is 98.7 cm³/mol. The van der Waals surface area contributed by atoms with Gasteiger partial charge in [0.15, 0.2) is 8.32 Å². The number of hydrogen-bond donors (Lipinski definition) is 3. The minimum Gasteiger partial charge on any atom is -0.459 e. The van der Waals surface area contributed by atoms with Crippen LogP contribution < -0.4 is 0 Å². The summed E-state index contributed by atoms with van der Waals surface area (Å²) in [6, 6.07) is 0. The Morgan fingerprint density at radius 2 is 1.76 bits per heavy atom. The Kier molecular flexibility index (Phi) is 8.08. The molecule has 0 amide bonds. The first-order valence-electron chi connectivity index (χ1n) is 9.21. The molecule has 6 nitrogen and oxygen atoms in total. The topological polar surface area (TPSA) is 96.2 Å². The number of aliphatic hydroxyl groups is 3. The maximum Gasteiger partial charge on any atom is 0.306 e. The van der Waals surface area contributed by atoms with Gasteiger partial charge >= 0.3 is 5.97 Å². The average molecular weight is 377 g/mol. The van der Waals surface area contributed by atoms with Crippen LogP contribution in [-0.2, 0) is 14.0 Å². The lowest BCUT2D eigenvalue weighted by molar-refractivity contribution is -0.146. The van der Waals surface area contributed by atoms with Crippen molar-refractivity contribution in [2.45, 2.75) is 95.9 Å². The lowest BCUT2D eigenvalue weighted by Crippen LogP contribution is -2.42. The van der Waals surface area contributed by atoms with Crippen LogP contribution in [0.3, 0.4) is 0 Å². The Balaban J connectivity index is 2.31. The van der Waals surface area contributed by atoms with Crippen LogP contribution in [0.15, 0.2) is 0 Å².